The van der Waals surface area contributed by atoms with Crippen LogP contribution in [0, 0.1) is 0 Å². The Morgan fingerprint density at radius 1 is 0.477 bits per heavy atom. The van der Waals surface area contributed by atoms with E-state index in [1.54, 1.807) is 21.1 Å². The van der Waals surface area contributed by atoms with E-state index in [0.717, 1.165) is 77.0 Å². The van der Waals surface area contributed by atoms with Gasteiger partial charge in [-0.3, -0.25) is 9.59 Å². The van der Waals surface area contributed by atoms with Gasteiger partial charge in [0.15, 0.2) is 6.10 Å². The monoisotopic (exact) mass is 910 g/mol. The highest BCUT2D eigenvalue weighted by molar-refractivity contribution is 5.70. The van der Waals surface area contributed by atoms with E-state index in [-0.39, 0.29) is 42.7 Å². The van der Waals surface area contributed by atoms with E-state index in [4.69, 9.17) is 14.2 Å². The Kier molecular flexibility index (Phi) is 44.9. The highest BCUT2D eigenvalue weighted by Crippen LogP contribution is 2.15. The molecule has 65 heavy (non-hydrogen) atoms. The maximum atomic E-state index is 12.8. The summed E-state index contributed by atoms with van der Waals surface area (Å²) < 4.78 is 17.2. The highest BCUT2D eigenvalue weighted by atomic mass is 16.6. The first-order valence-corrected chi connectivity index (χ1v) is 26.5. The lowest BCUT2D eigenvalue weighted by atomic mass is 10.0. The average molecular weight is 910 g/mol. The standard InChI is InChI=1S/C57H99NO7/c1-6-8-10-12-14-16-18-20-22-24-26-27-28-30-32-34-36-38-40-42-44-46-48-56(60)65-53(51-63-50-49-54(57(61)62)58(3,4)5)52-64-55(59)47-45-43-41-39-37-35-33-31-29-25-23-21-19-17-15-13-11-9-7-2/h9,11,15,17,21,23,28-31,35,37,53-54H,6-8,10,12-14,16,18-20,22,24-27,32-34,36,38-52H2,1-5H3/b11-9+,17-15+,23-21+,30-28+,31-29+,37-35+. The van der Waals surface area contributed by atoms with Crippen LogP contribution in [0.4, 0.5) is 0 Å². The van der Waals surface area contributed by atoms with E-state index < -0.39 is 18.1 Å². The van der Waals surface area contributed by atoms with Gasteiger partial charge < -0.3 is 28.6 Å². The maximum Gasteiger partial charge on any atom is 0.306 e. The Morgan fingerprint density at radius 3 is 1.31 bits per heavy atom. The van der Waals surface area contributed by atoms with Crippen LogP contribution >= 0.6 is 0 Å². The van der Waals surface area contributed by atoms with Gasteiger partial charge in [0.2, 0.25) is 0 Å². The minimum absolute atomic E-state index is 0.0255. The molecular formula is C57H99NO7. The van der Waals surface area contributed by atoms with Crippen molar-refractivity contribution < 1.29 is 38.2 Å². The number of carbonyl (C=O) groups excluding carboxylic acids is 3. The summed E-state index contributed by atoms with van der Waals surface area (Å²) in [5.74, 6) is -1.78. The second kappa shape index (κ2) is 47.3. The third-order valence-electron chi connectivity index (χ3n) is 11.6. The number of likely N-dealkylation sites (N-methyl/N-ethyl adjacent to an activating group) is 1. The van der Waals surface area contributed by atoms with Crippen molar-refractivity contribution in [2.75, 3.05) is 41.0 Å². The van der Waals surface area contributed by atoms with Gasteiger partial charge in [-0.2, -0.15) is 0 Å². The molecule has 0 amide bonds. The summed E-state index contributed by atoms with van der Waals surface area (Å²) in [6.07, 6.45) is 60.8. The number of nitrogens with zero attached hydrogens (tertiary/aromatic N) is 1. The molecule has 0 aliphatic heterocycles. The molecule has 2 unspecified atom stereocenters. The van der Waals surface area contributed by atoms with Crippen molar-refractivity contribution in [1.82, 2.24) is 0 Å². The summed E-state index contributed by atoms with van der Waals surface area (Å²) in [4.78, 5) is 37.1. The Hall–Kier alpha value is -3.23. The fourth-order valence-electron chi connectivity index (χ4n) is 7.50. The largest absolute Gasteiger partial charge is 0.544 e. The maximum absolute atomic E-state index is 12.8. The van der Waals surface area contributed by atoms with Gasteiger partial charge in [-0.15, -0.1) is 0 Å². The van der Waals surface area contributed by atoms with Crippen LogP contribution in [-0.2, 0) is 28.6 Å². The van der Waals surface area contributed by atoms with Gasteiger partial charge in [-0.25, -0.2) is 0 Å². The lowest BCUT2D eigenvalue weighted by Gasteiger charge is -2.34. The number of ether oxygens (including phenoxy) is 3. The van der Waals surface area contributed by atoms with Gasteiger partial charge in [0.05, 0.1) is 40.3 Å². The number of aliphatic carboxylic acids is 1. The van der Waals surface area contributed by atoms with Crippen LogP contribution < -0.4 is 5.11 Å². The molecule has 0 bridgehead atoms. The van der Waals surface area contributed by atoms with Gasteiger partial charge in [-0.1, -0.05) is 189 Å². The lowest BCUT2D eigenvalue weighted by molar-refractivity contribution is -0.889. The van der Waals surface area contributed by atoms with Gasteiger partial charge in [0, 0.05) is 19.3 Å². The fraction of sp³-hybridized carbons (Fsp3) is 0.737. The van der Waals surface area contributed by atoms with Crippen molar-refractivity contribution in [2.45, 2.75) is 231 Å². The number of hydrogen-bond donors (Lipinski definition) is 0. The zero-order valence-electron chi connectivity index (χ0n) is 42.6. The van der Waals surface area contributed by atoms with Crippen molar-refractivity contribution in [2.24, 2.45) is 0 Å². The summed E-state index contributed by atoms with van der Waals surface area (Å²) in [5.41, 5.74) is 0. The van der Waals surface area contributed by atoms with Crippen molar-refractivity contribution >= 4 is 17.9 Å². The van der Waals surface area contributed by atoms with Crippen LogP contribution in [0.2, 0.25) is 0 Å². The number of carboxylic acid groups (broad SMARTS) is 1. The van der Waals surface area contributed by atoms with E-state index in [2.05, 4.69) is 86.8 Å². The average Bonchev–Trinajstić information content (AvgIpc) is 3.27. The molecule has 0 aromatic rings. The van der Waals surface area contributed by atoms with Crippen LogP contribution in [0.25, 0.3) is 0 Å². The van der Waals surface area contributed by atoms with Crippen LogP contribution in [0.3, 0.4) is 0 Å². The number of unbranched alkanes of at least 4 members (excludes halogenated alkanes) is 21. The molecule has 0 heterocycles. The summed E-state index contributed by atoms with van der Waals surface area (Å²) in [5, 5.41) is 11.7. The molecule has 0 rings (SSSR count). The van der Waals surface area contributed by atoms with Crippen molar-refractivity contribution in [1.29, 1.82) is 0 Å². The number of carbonyl (C=O) groups is 3. The van der Waals surface area contributed by atoms with E-state index in [1.165, 1.54) is 109 Å². The molecule has 0 aromatic carbocycles. The second-order valence-electron chi connectivity index (χ2n) is 18.7. The highest BCUT2D eigenvalue weighted by Gasteiger charge is 2.25. The van der Waals surface area contributed by atoms with Gasteiger partial charge >= 0.3 is 11.9 Å². The van der Waals surface area contributed by atoms with Crippen LogP contribution in [0.5, 0.6) is 0 Å². The molecule has 8 heteroatoms. The van der Waals surface area contributed by atoms with Crippen LogP contribution in [-0.4, -0.2) is 75.5 Å². The molecule has 0 aliphatic rings. The molecule has 0 aromatic heterocycles. The first-order chi connectivity index (χ1) is 31.6. The van der Waals surface area contributed by atoms with Crippen LogP contribution in [0.15, 0.2) is 72.9 Å². The summed E-state index contributed by atoms with van der Waals surface area (Å²) in [6.45, 7) is 4.52. The van der Waals surface area contributed by atoms with Crippen LogP contribution in [0.1, 0.15) is 219 Å². The lowest BCUT2D eigenvalue weighted by Crippen LogP contribution is -2.55. The van der Waals surface area contributed by atoms with Crippen molar-refractivity contribution in [3.05, 3.63) is 72.9 Å². The zero-order chi connectivity index (χ0) is 47.7. The molecule has 0 radical (unpaired) electrons. The molecule has 0 aliphatic carbocycles. The molecule has 2 atom stereocenters. The molecule has 0 saturated carbocycles. The third-order valence-corrected chi connectivity index (χ3v) is 11.6. The Bertz CT molecular complexity index is 1290. The Morgan fingerprint density at radius 2 is 0.862 bits per heavy atom. The topological polar surface area (TPSA) is 102 Å². The number of esters is 2. The zero-order valence-corrected chi connectivity index (χ0v) is 42.6. The molecular weight excluding hydrogens is 811 g/mol. The Labute approximate surface area is 400 Å². The summed E-state index contributed by atoms with van der Waals surface area (Å²) in [6, 6.07) is -0.736. The molecule has 374 valence electrons. The first kappa shape index (κ1) is 61.8. The van der Waals surface area contributed by atoms with Crippen molar-refractivity contribution in [3.8, 4) is 0 Å². The van der Waals surface area contributed by atoms with E-state index in [1.807, 2.05) is 0 Å². The molecule has 8 nitrogen and oxygen atoms in total. The van der Waals surface area contributed by atoms with Gasteiger partial charge in [-0.05, 0) is 83.5 Å². The minimum atomic E-state index is -1.13. The number of hydrogen-bond acceptors (Lipinski definition) is 7. The van der Waals surface area contributed by atoms with Gasteiger partial charge in [0.25, 0.3) is 0 Å². The number of allylic oxidation sites excluding steroid dienone is 12. The minimum Gasteiger partial charge on any atom is -0.544 e. The summed E-state index contributed by atoms with van der Waals surface area (Å²) >= 11 is 0. The predicted molar refractivity (Wildman–Crippen MR) is 272 cm³/mol. The van der Waals surface area contributed by atoms with Gasteiger partial charge in [0.1, 0.15) is 12.6 Å². The normalized spacial score (nSPS) is 13.4. The number of carboxylic acids is 1. The number of quaternary nitrogens is 1. The Balaban J connectivity index is 4.29. The second-order valence-corrected chi connectivity index (χ2v) is 18.7. The van der Waals surface area contributed by atoms with E-state index >= 15 is 0 Å². The first-order valence-electron chi connectivity index (χ1n) is 26.5. The SMILES string of the molecule is CC/C=C/C/C=C/C/C=C/C/C=C/C/C=C/CCCCCC(=O)OCC(COCCC(C(=O)[O-])[N+](C)(C)C)OC(=O)CCCCCCCCC/C=C/CCCCCCCCCCCCC. The summed E-state index contributed by atoms with van der Waals surface area (Å²) in [7, 11) is 5.40. The quantitative estimate of drug-likeness (QED) is 0.0259. The fourth-order valence-corrected chi connectivity index (χ4v) is 7.50. The molecule has 0 fully saturated rings. The van der Waals surface area contributed by atoms with E-state index in [9.17, 15) is 19.5 Å². The van der Waals surface area contributed by atoms with E-state index in [0.29, 0.717) is 12.8 Å². The molecule has 0 saturated heterocycles. The van der Waals surface area contributed by atoms with Crippen molar-refractivity contribution in [3.63, 3.8) is 0 Å². The molecule has 0 N–H and O–H groups in total. The number of rotatable bonds is 47. The predicted octanol–water partition coefficient (Wildman–Crippen LogP) is 14.1. The third kappa shape index (κ3) is 45.7. The smallest absolute Gasteiger partial charge is 0.306 e. The molecule has 0 spiro atoms.